The van der Waals surface area contributed by atoms with Gasteiger partial charge in [0.2, 0.25) is 0 Å². The molecule has 140 valence electrons. The van der Waals surface area contributed by atoms with Gasteiger partial charge in [0.25, 0.3) is 0 Å². The Bertz CT molecular complexity index is 944. The number of methoxy groups -OCH3 is 1. The highest BCUT2D eigenvalue weighted by Gasteiger charge is 2.35. The van der Waals surface area contributed by atoms with Crippen LogP contribution in [0.4, 0.5) is 18.9 Å². The van der Waals surface area contributed by atoms with Gasteiger partial charge in [-0.25, -0.2) is 18.0 Å². The van der Waals surface area contributed by atoms with Crippen molar-refractivity contribution < 1.29 is 22.7 Å². The van der Waals surface area contributed by atoms with Crippen LogP contribution in [0, 0.1) is 17.5 Å². The number of nitrogens with zero attached hydrogens (tertiary/aromatic N) is 1. The predicted octanol–water partition coefficient (Wildman–Crippen LogP) is 3.99. The van der Waals surface area contributed by atoms with Crippen molar-refractivity contribution in [3.05, 3.63) is 76.7 Å². The molecular formula is C19H15F3N2O2S. The third-order valence-corrected chi connectivity index (χ3v) is 4.55. The van der Waals surface area contributed by atoms with Gasteiger partial charge in [0.15, 0.2) is 16.7 Å². The van der Waals surface area contributed by atoms with Gasteiger partial charge >= 0.3 is 5.97 Å². The number of hydrogen-bond donors (Lipinski definition) is 1. The van der Waals surface area contributed by atoms with E-state index in [1.54, 1.807) is 11.8 Å². The molecule has 0 radical (unpaired) electrons. The smallest absolute Gasteiger partial charge is 0.337 e. The lowest BCUT2D eigenvalue weighted by Gasteiger charge is -2.37. The summed E-state index contributed by atoms with van der Waals surface area (Å²) in [5, 5.41) is 3.18. The van der Waals surface area contributed by atoms with Crippen LogP contribution in [0.2, 0.25) is 0 Å². The number of hydrogen-bond acceptors (Lipinski definition) is 3. The first-order valence-electron chi connectivity index (χ1n) is 7.93. The van der Waals surface area contributed by atoms with Crippen LogP contribution < -0.4 is 10.2 Å². The second kappa shape index (κ2) is 7.40. The quantitative estimate of drug-likeness (QED) is 0.632. The first-order valence-corrected chi connectivity index (χ1v) is 8.34. The number of ether oxygens (including phenoxy) is 1. The molecule has 0 fully saturated rings. The number of nitrogens with one attached hydrogen (secondary N) is 1. The Morgan fingerprint density at radius 1 is 1.11 bits per heavy atom. The van der Waals surface area contributed by atoms with E-state index in [-0.39, 0.29) is 10.7 Å². The van der Waals surface area contributed by atoms with E-state index < -0.39 is 29.5 Å². The predicted molar refractivity (Wildman–Crippen MR) is 98.4 cm³/mol. The fourth-order valence-electron chi connectivity index (χ4n) is 2.96. The van der Waals surface area contributed by atoms with Crippen molar-refractivity contribution in [2.24, 2.45) is 0 Å². The number of allylic oxidation sites excluding steroid dienone is 1. The molecule has 1 aliphatic heterocycles. The van der Waals surface area contributed by atoms with Crippen molar-refractivity contribution in [2.75, 3.05) is 12.0 Å². The average Bonchev–Trinajstić information content (AvgIpc) is 2.64. The molecule has 0 saturated carbocycles. The van der Waals surface area contributed by atoms with Gasteiger partial charge in [-0.1, -0.05) is 6.07 Å². The molecule has 3 rings (SSSR count). The molecule has 27 heavy (non-hydrogen) atoms. The zero-order chi connectivity index (χ0) is 19.7. The summed E-state index contributed by atoms with van der Waals surface area (Å²) in [5.41, 5.74) is 1.47. The number of rotatable bonds is 3. The lowest BCUT2D eigenvalue weighted by molar-refractivity contribution is -0.136. The lowest BCUT2D eigenvalue weighted by Crippen LogP contribution is -2.48. The molecule has 1 atom stereocenters. The van der Waals surface area contributed by atoms with E-state index in [0.717, 1.165) is 12.1 Å². The summed E-state index contributed by atoms with van der Waals surface area (Å²) in [5.74, 6) is -3.10. The number of anilines is 1. The highest BCUT2D eigenvalue weighted by atomic mass is 32.1. The summed E-state index contributed by atoms with van der Waals surface area (Å²) in [4.78, 5) is 14.0. The Morgan fingerprint density at radius 3 is 2.37 bits per heavy atom. The Morgan fingerprint density at radius 2 is 1.78 bits per heavy atom. The van der Waals surface area contributed by atoms with E-state index in [1.807, 2.05) is 0 Å². The molecule has 4 nitrogen and oxygen atoms in total. The van der Waals surface area contributed by atoms with Crippen LogP contribution in [-0.4, -0.2) is 18.2 Å². The van der Waals surface area contributed by atoms with Gasteiger partial charge in [-0.05, 0) is 61.1 Å². The molecule has 1 aliphatic rings. The Balaban J connectivity index is 2.14. The molecule has 0 aromatic heterocycles. The maximum absolute atomic E-state index is 13.7. The van der Waals surface area contributed by atoms with Crippen molar-refractivity contribution in [1.29, 1.82) is 0 Å². The molecule has 0 spiro atoms. The summed E-state index contributed by atoms with van der Waals surface area (Å²) in [6.45, 7) is 1.65. The molecule has 2 aromatic carbocycles. The number of carbonyl (C=O) groups is 1. The molecule has 0 amide bonds. The minimum atomic E-state index is -1.04. The van der Waals surface area contributed by atoms with Gasteiger partial charge < -0.3 is 10.1 Å². The topological polar surface area (TPSA) is 41.6 Å². The second-order valence-electron chi connectivity index (χ2n) is 5.86. The SMILES string of the molecule is COC(=O)C1=C(C)N(c2ccc(F)cc2)C(=S)N[C@H]1c1ccc(F)c(F)c1. The Kier molecular flexibility index (Phi) is 5.18. The minimum absolute atomic E-state index is 0.182. The van der Waals surface area contributed by atoms with Gasteiger partial charge in [0.1, 0.15) is 5.82 Å². The standard InChI is InChI=1S/C19H15F3N2O2S/c1-10-16(18(25)26-2)17(11-3-8-14(21)15(22)9-11)23-19(27)24(10)13-6-4-12(20)5-7-13/h3-9,17H,1-2H3,(H,23,27)/t17-/m0/s1. The van der Waals surface area contributed by atoms with E-state index >= 15 is 0 Å². The van der Waals surface area contributed by atoms with Crippen molar-refractivity contribution in [3.8, 4) is 0 Å². The molecule has 0 bridgehead atoms. The number of benzene rings is 2. The van der Waals surface area contributed by atoms with Crippen molar-refractivity contribution >= 4 is 29.0 Å². The highest BCUT2D eigenvalue weighted by Crippen LogP contribution is 2.34. The van der Waals surface area contributed by atoms with Crippen molar-refractivity contribution in [2.45, 2.75) is 13.0 Å². The summed E-state index contributed by atoms with van der Waals surface area (Å²) in [6, 6.07) is 8.08. The largest absolute Gasteiger partial charge is 0.466 e. The Hall–Kier alpha value is -2.87. The fourth-order valence-corrected chi connectivity index (χ4v) is 3.32. The number of carbonyl (C=O) groups excluding carboxylic acids is 1. The van der Waals surface area contributed by atoms with E-state index in [9.17, 15) is 18.0 Å². The zero-order valence-corrected chi connectivity index (χ0v) is 15.2. The molecule has 0 aliphatic carbocycles. The van der Waals surface area contributed by atoms with E-state index in [0.29, 0.717) is 16.9 Å². The van der Waals surface area contributed by atoms with Crippen LogP contribution in [0.1, 0.15) is 18.5 Å². The lowest BCUT2D eigenvalue weighted by atomic mass is 9.94. The zero-order valence-electron chi connectivity index (χ0n) is 14.4. The van der Waals surface area contributed by atoms with Crippen LogP contribution >= 0.6 is 12.2 Å². The molecule has 1 N–H and O–H groups in total. The maximum Gasteiger partial charge on any atom is 0.337 e. The molecular weight excluding hydrogens is 377 g/mol. The van der Waals surface area contributed by atoms with E-state index in [4.69, 9.17) is 17.0 Å². The first-order chi connectivity index (χ1) is 12.8. The molecule has 1 heterocycles. The molecule has 2 aromatic rings. The molecule has 0 unspecified atom stereocenters. The van der Waals surface area contributed by atoms with E-state index in [2.05, 4.69) is 5.32 Å². The fraction of sp³-hybridized carbons (Fsp3) is 0.158. The Labute approximate surface area is 159 Å². The van der Waals surface area contributed by atoms with Gasteiger partial charge in [0.05, 0.1) is 18.7 Å². The van der Waals surface area contributed by atoms with Gasteiger partial charge in [-0.3, -0.25) is 4.90 Å². The number of halogens is 3. The summed E-state index contributed by atoms with van der Waals surface area (Å²) >= 11 is 5.40. The van der Waals surface area contributed by atoms with Crippen molar-refractivity contribution in [3.63, 3.8) is 0 Å². The van der Waals surface area contributed by atoms with Gasteiger partial charge in [-0.15, -0.1) is 0 Å². The average molecular weight is 392 g/mol. The third-order valence-electron chi connectivity index (χ3n) is 4.25. The summed E-state index contributed by atoms with van der Waals surface area (Å²) in [7, 11) is 1.22. The maximum atomic E-state index is 13.7. The van der Waals surface area contributed by atoms with Crippen LogP contribution in [0.25, 0.3) is 0 Å². The van der Waals surface area contributed by atoms with Crippen molar-refractivity contribution in [1.82, 2.24) is 5.32 Å². The first kappa shape index (κ1) is 18.9. The van der Waals surface area contributed by atoms with Crippen LogP contribution in [0.15, 0.2) is 53.7 Å². The van der Waals surface area contributed by atoms with E-state index in [1.165, 1.54) is 37.4 Å². The van der Waals surface area contributed by atoms with Gasteiger partial charge in [0, 0.05) is 11.4 Å². The van der Waals surface area contributed by atoms with Crippen LogP contribution in [0.3, 0.4) is 0 Å². The normalized spacial score (nSPS) is 17.0. The third kappa shape index (κ3) is 3.52. The highest BCUT2D eigenvalue weighted by molar-refractivity contribution is 7.80. The number of esters is 1. The summed E-state index contributed by atoms with van der Waals surface area (Å²) < 4.78 is 45.1. The number of thiocarbonyl (C=S) groups is 1. The van der Waals surface area contributed by atoms with Crippen LogP contribution in [-0.2, 0) is 9.53 Å². The second-order valence-corrected chi connectivity index (χ2v) is 6.25. The van der Waals surface area contributed by atoms with Crippen LogP contribution in [0.5, 0.6) is 0 Å². The van der Waals surface area contributed by atoms with Gasteiger partial charge in [-0.2, -0.15) is 0 Å². The molecule has 0 saturated heterocycles. The monoisotopic (exact) mass is 392 g/mol. The molecule has 8 heteroatoms. The minimum Gasteiger partial charge on any atom is -0.466 e. The summed E-state index contributed by atoms with van der Waals surface area (Å²) in [6.07, 6.45) is 0.